The van der Waals surface area contributed by atoms with Gasteiger partial charge in [0.2, 0.25) is 0 Å². The molecule has 1 fully saturated rings. The number of hydrogen-bond donors (Lipinski definition) is 0. The van der Waals surface area contributed by atoms with Crippen LogP contribution in [-0.4, -0.2) is 12.2 Å². The summed E-state index contributed by atoms with van der Waals surface area (Å²) in [6, 6.07) is 6.16. The van der Waals surface area contributed by atoms with Crippen LogP contribution >= 0.6 is 0 Å². The molecule has 0 N–H and O–H groups in total. The Morgan fingerprint density at radius 3 is 2.62 bits per heavy atom. The molecule has 0 bridgehead atoms. The van der Waals surface area contributed by atoms with E-state index >= 15 is 0 Å². The van der Waals surface area contributed by atoms with Crippen molar-refractivity contribution in [2.75, 3.05) is 0 Å². The van der Waals surface area contributed by atoms with Crippen molar-refractivity contribution in [2.24, 2.45) is 0 Å². The van der Waals surface area contributed by atoms with E-state index in [9.17, 15) is 0 Å². The van der Waals surface area contributed by atoms with Gasteiger partial charge in [-0.15, -0.1) is 0 Å². The molecule has 0 spiro atoms. The van der Waals surface area contributed by atoms with Crippen LogP contribution in [0.25, 0.3) is 0 Å². The molecule has 0 saturated heterocycles. The highest BCUT2D eigenvalue weighted by Crippen LogP contribution is 2.36. The van der Waals surface area contributed by atoms with Crippen molar-refractivity contribution in [1.82, 2.24) is 0 Å². The quantitative estimate of drug-likeness (QED) is 0.755. The average molecular weight is 220 g/mol. The lowest BCUT2D eigenvalue weighted by Crippen LogP contribution is -2.09. The van der Waals surface area contributed by atoms with Gasteiger partial charge in [0.25, 0.3) is 0 Å². The molecule has 16 heavy (non-hydrogen) atoms. The predicted molar refractivity (Wildman–Crippen MR) is 65.2 cm³/mol. The minimum absolute atomic E-state index is 0.189. The zero-order valence-corrected chi connectivity index (χ0v) is 10.3. The highest BCUT2D eigenvalue weighted by atomic mass is 16.5. The number of benzene rings is 1. The van der Waals surface area contributed by atoms with E-state index in [-0.39, 0.29) is 6.10 Å². The van der Waals surface area contributed by atoms with Crippen LogP contribution in [0.3, 0.4) is 0 Å². The molecule has 2 rings (SSSR count). The van der Waals surface area contributed by atoms with Crippen molar-refractivity contribution in [3.05, 3.63) is 23.8 Å². The van der Waals surface area contributed by atoms with Crippen molar-refractivity contribution >= 4 is 0 Å². The Hall–Kier alpha value is -1.18. The van der Waals surface area contributed by atoms with Gasteiger partial charge in [-0.3, -0.25) is 0 Å². The molecule has 0 unspecified atom stereocenters. The van der Waals surface area contributed by atoms with Gasteiger partial charge in [-0.05, 0) is 44.7 Å². The summed E-state index contributed by atoms with van der Waals surface area (Å²) in [5.41, 5.74) is 1.23. The van der Waals surface area contributed by atoms with Gasteiger partial charge in [-0.1, -0.05) is 19.1 Å². The van der Waals surface area contributed by atoms with Gasteiger partial charge in [-0.25, -0.2) is 0 Å². The van der Waals surface area contributed by atoms with Crippen molar-refractivity contribution in [3.63, 3.8) is 0 Å². The maximum Gasteiger partial charge on any atom is 0.164 e. The third-order valence-electron chi connectivity index (χ3n) is 2.61. The molecule has 2 heteroatoms. The molecule has 1 aromatic carbocycles. The number of hydrogen-bond acceptors (Lipinski definition) is 2. The first-order chi connectivity index (χ1) is 7.70. The van der Waals surface area contributed by atoms with Gasteiger partial charge in [0.05, 0.1) is 12.2 Å². The van der Waals surface area contributed by atoms with Crippen LogP contribution in [0.1, 0.15) is 39.2 Å². The SMILES string of the molecule is CCc1cccc(OC2CC2)c1OC(C)C. The summed E-state index contributed by atoms with van der Waals surface area (Å²) in [4.78, 5) is 0. The Bertz CT molecular complexity index is 354. The van der Waals surface area contributed by atoms with E-state index in [1.807, 2.05) is 26.0 Å². The number of ether oxygens (including phenoxy) is 2. The zero-order valence-electron chi connectivity index (χ0n) is 10.3. The molecule has 1 aromatic rings. The first kappa shape index (κ1) is 11.3. The second-order valence-corrected chi connectivity index (χ2v) is 4.58. The molecule has 0 aliphatic heterocycles. The molecule has 2 nitrogen and oxygen atoms in total. The first-order valence-corrected chi connectivity index (χ1v) is 6.16. The summed E-state index contributed by atoms with van der Waals surface area (Å²) in [5.74, 6) is 1.85. The smallest absolute Gasteiger partial charge is 0.164 e. The molecule has 0 atom stereocenters. The monoisotopic (exact) mass is 220 g/mol. The Kier molecular flexibility index (Phi) is 3.37. The van der Waals surface area contributed by atoms with Gasteiger partial charge in [0.1, 0.15) is 0 Å². The van der Waals surface area contributed by atoms with Crippen LogP contribution in [-0.2, 0) is 6.42 Å². The van der Waals surface area contributed by atoms with Crippen molar-refractivity contribution in [1.29, 1.82) is 0 Å². The molecule has 1 aliphatic rings. The van der Waals surface area contributed by atoms with Gasteiger partial charge in [-0.2, -0.15) is 0 Å². The molecule has 88 valence electrons. The van der Waals surface area contributed by atoms with E-state index in [4.69, 9.17) is 9.47 Å². The molecule has 1 aliphatic carbocycles. The Balaban J connectivity index is 2.25. The number of para-hydroxylation sites is 1. The van der Waals surface area contributed by atoms with Crippen LogP contribution in [0, 0.1) is 0 Å². The minimum atomic E-state index is 0.189. The summed E-state index contributed by atoms with van der Waals surface area (Å²) < 4.78 is 11.7. The summed E-state index contributed by atoms with van der Waals surface area (Å²) >= 11 is 0. The van der Waals surface area contributed by atoms with Gasteiger partial charge in [0, 0.05) is 0 Å². The topological polar surface area (TPSA) is 18.5 Å². The average Bonchev–Trinajstić information content (AvgIpc) is 3.04. The molecule has 0 amide bonds. The van der Waals surface area contributed by atoms with E-state index in [1.54, 1.807) is 0 Å². The molecule has 0 heterocycles. The molecule has 0 radical (unpaired) electrons. The van der Waals surface area contributed by atoms with E-state index < -0.39 is 0 Å². The maximum absolute atomic E-state index is 5.87. The molecule has 1 saturated carbocycles. The first-order valence-electron chi connectivity index (χ1n) is 6.16. The van der Waals surface area contributed by atoms with Crippen LogP contribution in [0.15, 0.2) is 18.2 Å². The summed E-state index contributed by atoms with van der Waals surface area (Å²) in [7, 11) is 0. The van der Waals surface area contributed by atoms with Crippen LogP contribution in [0.2, 0.25) is 0 Å². The normalized spacial score (nSPS) is 15.2. The van der Waals surface area contributed by atoms with E-state index in [0.29, 0.717) is 6.10 Å². The van der Waals surface area contributed by atoms with Crippen LogP contribution in [0.5, 0.6) is 11.5 Å². The highest BCUT2D eigenvalue weighted by Gasteiger charge is 2.25. The van der Waals surface area contributed by atoms with E-state index in [1.165, 1.54) is 18.4 Å². The zero-order chi connectivity index (χ0) is 11.5. The lowest BCUT2D eigenvalue weighted by Gasteiger charge is -2.17. The molecular weight excluding hydrogens is 200 g/mol. The van der Waals surface area contributed by atoms with Gasteiger partial charge in [0.15, 0.2) is 11.5 Å². The van der Waals surface area contributed by atoms with Crippen molar-refractivity contribution in [2.45, 2.75) is 52.2 Å². The van der Waals surface area contributed by atoms with Crippen molar-refractivity contribution in [3.8, 4) is 11.5 Å². The van der Waals surface area contributed by atoms with E-state index in [2.05, 4.69) is 13.0 Å². The Labute approximate surface area is 97.6 Å². The Morgan fingerprint density at radius 1 is 1.31 bits per heavy atom. The lowest BCUT2D eigenvalue weighted by molar-refractivity contribution is 0.215. The number of aryl methyl sites for hydroxylation is 1. The second kappa shape index (κ2) is 4.77. The Morgan fingerprint density at radius 2 is 2.06 bits per heavy atom. The van der Waals surface area contributed by atoms with Gasteiger partial charge < -0.3 is 9.47 Å². The predicted octanol–water partition coefficient (Wildman–Crippen LogP) is 3.58. The fraction of sp³-hybridized carbons (Fsp3) is 0.571. The molecule has 0 aromatic heterocycles. The summed E-state index contributed by atoms with van der Waals surface area (Å²) in [6.45, 7) is 6.24. The van der Waals surface area contributed by atoms with Crippen LogP contribution in [0.4, 0.5) is 0 Å². The largest absolute Gasteiger partial charge is 0.487 e. The lowest BCUT2D eigenvalue weighted by atomic mass is 10.1. The summed E-state index contributed by atoms with van der Waals surface area (Å²) in [5, 5.41) is 0. The van der Waals surface area contributed by atoms with E-state index in [0.717, 1.165) is 17.9 Å². The second-order valence-electron chi connectivity index (χ2n) is 4.58. The molecular formula is C14H20O2. The van der Waals surface area contributed by atoms with Gasteiger partial charge >= 0.3 is 0 Å². The maximum atomic E-state index is 5.87. The fourth-order valence-electron chi connectivity index (χ4n) is 1.67. The third kappa shape index (κ3) is 2.69. The number of rotatable bonds is 5. The highest BCUT2D eigenvalue weighted by molar-refractivity contribution is 5.47. The van der Waals surface area contributed by atoms with Crippen LogP contribution < -0.4 is 9.47 Å². The minimum Gasteiger partial charge on any atom is -0.487 e. The standard InChI is InChI=1S/C14H20O2/c1-4-11-6-5-7-13(16-12-8-9-12)14(11)15-10(2)3/h5-7,10,12H,4,8-9H2,1-3H3. The van der Waals surface area contributed by atoms with Crippen molar-refractivity contribution < 1.29 is 9.47 Å². The third-order valence-corrected chi connectivity index (χ3v) is 2.61. The summed E-state index contributed by atoms with van der Waals surface area (Å²) in [6.07, 6.45) is 3.94. The fourth-order valence-corrected chi connectivity index (χ4v) is 1.67.